The van der Waals surface area contributed by atoms with Crippen LogP contribution in [0.5, 0.6) is 0 Å². The SMILES string of the molecule is CC(C)=Cc1c(N)c(C2CCCC2)c(N)c(CC(C)C)c1C1CCCC1. The van der Waals surface area contributed by atoms with E-state index in [2.05, 4.69) is 33.8 Å². The molecule has 0 heterocycles. The van der Waals surface area contributed by atoms with Crippen molar-refractivity contribution in [3.05, 3.63) is 27.8 Å². The standard InChI is InChI=1S/C24H38N2/c1-15(2)13-19-21(17-9-5-6-10-17)20(14-16(3)4)24(26)22(23(19)25)18-11-7-8-12-18/h13,16-18H,5-12,14,25-26H2,1-4H3. The molecule has 0 aliphatic heterocycles. The van der Waals surface area contributed by atoms with E-state index in [-0.39, 0.29) is 0 Å². The van der Waals surface area contributed by atoms with Gasteiger partial charge in [0.1, 0.15) is 0 Å². The molecule has 2 aliphatic carbocycles. The molecule has 0 saturated heterocycles. The molecule has 2 aliphatic rings. The lowest BCUT2D eigenvalue weighted by Crippen LogP contribution is -2.16. The van der Waals surface area contributed by atoms with Crippen molar-refractivity contribution in [1.82, 2.24) is 0 Å². The van der Waals surface area contributed by atoms with Crippen molar-refractivity contribution in [1.29, 1.82) is 0 Å². The van der Waals surface area contributed by atoms with Crippen LogP contribution < -0.4 is 11.5 Å². The zero-order valence-electron chi connectivity index (χ0n) is 17.3. The molecule has 0 spiro atoms. The minimum atomic E-state index is 0.558. The summed E-state index contributed by atoms with van der Waals surface area (Å²) in [7, 11) is 0. The molecule has 2 fully saturated rings. The number of benzene rings is 1. The first-order valence-electron chi connectivity index (χ1n) is 10.8. The lowest BCUT2D eigenvalue weighted by molar-refractivity contribution is 0.627. The van der Waals surface area contributed by atoms with E-state index in [0.717, 1.165) is 17.8 Å². The van der Waals surface area contributed by atoms with Crippen molar-refractivity contribution in [2.75, 3.05) is 11.5 Å². The molecule has 2 heteroatoms. The maximum absolute atomic E-state index is 6.88. The van der Waals surface area contributed by atoms with Crippen molar-refractivity contribution in [2.24, 2.45) is 5.92 Å². The average Bonchev–Trinajstić information content (AvgIpc) is 3.25. The van der Waals surface area contributed by atoms with Crippen LogP contribution in [-0.2, 0) is 6.42 Å². The molecule has 1 aromatic rings. The van der Waals surface area contributed by atoms with Crippen molar-refractivity contribution < 1.29 is 0 Å². The number of nitrogens with two attached hydrogens (primary N) is 2. The molecule has 4 N–H and O–H groups in total. The van der Waals surface area contributed by atoms with E-state index in [1.807, 2.05) is 0 Å². The molecule has 0 unspecified atom stereocenters. The summed E-state index contributed by atoms with van der Waals surface area (Å²) in [5.41, 5.74) is 22.6. The van der Waals surface area contributed by atoms with Gasteiger partial charge in [0.15, 0.2) is 0 Å². The zero-order valence-corrected chi connectivity index (χ0v) is 17.3. The van der Waals surface area contributed by atoms with E-state index in [1.165, 1.54) is 79.2 Å². The van der Waals surface area contributed by atoms with Crippen LogP contribution in [0.15, 0.2) is 5.57 Å². The third-order valence-corrected chi connectivity index (χ3v) is 6.38. The number of hydrogen-bond donors (Lipinski definition) is 2. The summed E-state index contributed by atoms with van der Waals surface area (Å²) in [6, 6.07) is 0. The largest absolute Gasteiger partial charge is 0.398 e. The van der Waals surface area contributed by atoms with Gasteiger partial charge >= 0.3 is 0 Å². The highest BCUT2D eigenvalue weighted by Gasteiger charge is 2.31. The highest BCUT2D eigenvalue weighted by molar-refractivity contribution is 5.81. The minimum absolute atomic E-state index is 0.558. The molecule has 0 aromatic heterocycles. The molecule has 0 amide bonds. The second kappa shape index (κ2) is 8.06. The molecule has 144 valence electrons. The Bertz CT molecular complexity index is 668. The van der Waals surface area contributed by atoms with E-state index in [1.54, 1.807) is 0 Å². The topological polar surface area (TPSA) is 52.0 Å². The lowest BCUT2D eigenvalue weighted by Gasteiger charge is -2.28. The predicted molar refractivity (Wildman–Crippen MR) is 116 cm³/mol. The van der Waals surface area contributed by atoms with E-state index in [4.69, 9.17) is 11.5 Å². The maximum atomic E-state index is 6.88. The number of rotatable bonds is 5. The maximum Gasteiger partial charge on any atom is 0.0446 e. The molecule has 0 bridgehead atoms. The second-order valence-corrected chi connectivity index (χ2v) is 9.33. The van der Waals surface area contributed by atoms with E-state index >= 15 is 0 Å². The van der Waals surface area contributed by atoms with Crippen LogP contribution in [0.2, 0.25) is 0 Å². The highest BCUT2D eigenvalue weighted by Crippen LogP contribution is 2.49. The fraction of sp³-hybridized carbons (Fsp3) is 0.667. The number of nitrogen functional groups attached to an aromatic ring is 2. The number of anilines is 2. The molecule has 1 aromatic carbocycles. The Morgan fingerprint density at radius 3 is 1.85 bits per heavy atom. The Morgan fingerprint density at radius 2 is 1.38 bits per heavy atom. The van der Waals surface area contributed by atoms with Crippen molar-refractivity contribution in [2.45, 2.75) is 97.3 Å². The summed E-state index contributed by atoms with van der Waals surface area (Å²) in [6.07, 6.45) is 13.8. The first kappa shape index (κ1) is 19.3. The van der Waals surface area contributed by atoms with Crippen LogP contribution in [0.4, 0.5) is 11.4 Å². The van der Waals surface area contributed by atoms with Crippen LogP contribution in [0, 0.1) is 5.92 Å². The van der Waals surface area contributed by atoms with Crippen molar-refractivity contribution in [3.8, 4) is 0 Å². The Hall–Kier alpha value is -1.44. The Kier molecular flexibility index (Phi) is 5.99. The smallest absolute Gasteiger partial charge is 0.0446 e. The van der Waals surface area contributed by atoms with Gasteiger partial charge in [-0.05, 0) is 74.8 Å². The van der Waals surface area contributed by atoms with Gasteiger partial charge in [0, 0.05) is 22.5 Å². The monoisotopic (exact) mass is 354 g/mol. The van der Waals surface area contributed by atoms with E-state index in [9.17, 15) is 0 Å². The van der Waals surface area contributed by atoms with Gasteiger partial charge in [-0.3, -0.25) is 0 Å². The van der Waals surface area contributed by atoms with Gasteiger partial charge in [-0.25, -0.2) is 0 Å². The Balaban J connectivity index is 2.27. The summed E-state index contributed by atoms with van der Waals surface area (Å²) < 4.78 is 0. The number of hydrogen-bond acceptors (Lipinski definition) is 2. The van der Waals surface area contributed by atoms with Gasteiger partial charge in [-0.15, -0.1) is 0 Å². The lowest BCUT2D eigenvalue weighted by atomic mass is 9.79. The molecule has 3 rings (SSSR count). The van der Waals surface area contributed by atoms with Crippen molar-refractivity contribution in [3.63, 3.8) is 0 Å². The zero-order chi connectivity index (χ0) is 18.8. The van der Waals surface area contributed by atoms with Crippen LogP contribution >= 0.6 is 0 Å². The average molecular weight is 355 g/mol. The summed E-state index contributed by atoms with van der Waals surface area (Å²) in [4.78, 5) is 0. The molecular weight excluding hydrogens is 316 g/mol. The summed E-state index contributed by atoms with van der Waals surface area (Å²) in [6.45, 7) is 8.99. The molecular formula is C24H38N2. The highest BCUT2D eigenvalue weighted by atomic mass is 14.7. The molecule has 26 heavy (non-hydrogen) atoms. The summed E-state index contributed by atoms with van der Waals surface area (Å²) >= 11 is 0. The van der Waals surface area contributed by atoms with Gasteiger partial charge in [0.2, 0.25) is 0 Å². The molecule has 0 radical (unpaired) electrons. The van der Waals surface area contributed by atoms with Gasteiger partial charge in [0.05, 0.1) is 0 Å². The van der Waals surface area contributed by atoms with Crippen LogP contribution in [0.3, 0.4) is 0 Å². The Morgan fingerprint density at radius 1 is 0.885 bits per heavy atom. The fourth-order valence-electron chi connectivity index (χ4n) is 5.31. The van der Waals surface area contributed by atoms with Crippen LogP contribution in [-0.4, -0.2) is 0 Å². The Labute approximate surface area is 160 Å². The fourth-order valence-corrected chi connectivity index (χ4v) is 5.31. The third kappa shape index (κ3) is 3.80. The molecule has 2 nitrogen and oxygen atoms in total. The number of allylic oxidation sites excluding steroid dienone is 1. The minimum Gasteiger partial charge on any atom is -0.398 e. The first-order chi connectivity index (χ1) is 12.4. The van der Waals surface area contributed by atoms with E-state index in [0.29, 0.717) is 17.8 Å². The quantitative estimate of drug-likeness (QED) is 0.572. The van der Waals surface area contributed by atoms with E-state index < -0.39 is 0 Å². The second-order valence-electron chi connectivity index (χ2n) is 9.33. The van der Waals surface area contributed by atoms with Crippen molar-refractivity contribution >= 4 is 17.5 Å². The molecule has 2 saturated carbocycles. The van der Waals surface area contributed by atoms with Gasteiger partial charge in [-0.2, -0.15) is 0 Å². The molecule has 0 atom stereocenters. The van der Waals surface area contributed by atoms with Crippen LogP contribution in [0.1, 0.15) is 113 Å². The summed E-state index contributed by atoms with van der Waals surface area (Å²) in [5, 5.41) is 0. The predicted octanol–water partition coefficient (Wildman–Crippen LogP) is 6.79. The van der Waals surface area contributed by atoms with Gasteiger partial charge in [-0.1, -0.05) is 51.2 Å². The van der Waals surface area contributed by atoms with Gasteiger partial charge in [0.25, 0.3) is 0 Å². The summed E-state index contributed by atoms with van der Waals surface area (Å²) in [5.74, 6) is 1.80. The third-order valence-electron chi connectivity index (χ3n) is 6.38. The van der Waals surface area contributed by atoms with Gasteiger partial charge < -0.3 is 11.5 Å². The normalized spacial score (nSPS) is 18.8. The first-order valence-corrected chi connectivity index (χ1v) is 10.8. The van der Waals surface area contributed by atoms with Crippen LogP contribution in [0.25, 0.3) is 6.08 Å².